The van der Waals surface area contributed by atoms with Gasteiger partial charge in [0, 0.05) is 12.0 Å². The molecule has 1 aromatic heterocycles. The van der Waals surface area contributed by atoms with Gasteiger partial charge in [0.15, 0.2) is 0 Å². The summed E-state index contributed by atoms with van der Waals surface area (Å²) in [6.07, 6.45) is -0.245. The number of hydrogen-bond acceptors (Lipinski definition) is 7. The van der Waals surface area contributed by atoms with Gasteiger partial charge >= 0.3 is 17.9 Å². The van der Waals surface area contributed by atoms with E-state index in [4.69, 9.17) is 15.3 Å². The maximum Gasteiger partial charge on any atom is 0.326 e. The highest BCUT2D eigenvalue weighted by Gasteiger charge is 2.28. The Hall–Kier alpha value is -4.29. The van der Waals surface area contributed by atoms with Crippen molar-refractivity contribution < 1.29 is 39.3 Å². The lowest BCUT2D eigenvalue weighted by Crippen LogP contribution is -2.52. The Morgan fingerprint density at radius 1 is 0.970 bits per heavy atom. The lowest BCUT2D eigenvalue weighted by Gasteiger charge is -2.20. The van der Waals surface area contributed by atoms with Crippen LogP contribution in [0, 0.1) is 6.92 Å². The number of benzene rings is 1. The van der Waals surface area contributed by atoms with Crippen molar-refractivity contribution in [3.63, 3.8) is 0 Å². The topological polar surface area (TPSA) is 201 Å². The van der Waals surface area contributed by atoms with Crippen molar-refractivity contribution >= 4 is 29.7 Å². The van der Waals surface area contributed by atoms with Gasteiger partial charge < -0.3 is 26.0 Å². The number of carboxylic acid groups (broad SMARTS) is 3. The number of amides is 2. The van der Waals surface area contributed by atoms with E-state index >= 15 is 0 Å². The van der Waals surface area contributed by atoms with E-state index in [2.05, 4.69) is 20.9 Å². The average Bonchev–Trinajstić information content (AvgIpc) is 3.18. The van der Waals surface area contributed by atoms with Crippen LogP contribution in [0.3, 0.4) is 0 Å². The first-order valence-corrected chi connectivity index (χ1v) is 9.78. The second kappa shape index (κ2) is 11.4. The van der Waals surface area contributed by atoms with Gasteiger partial charge in [-0.1, -0.05) is 35.0 Å². The molecule has 0 unspecified atom stereocenters. The van der Waals surface area contributed by atoms with Crippen molar-refractivity contribution in [2.75, 3.05) is 0 Å². The fraction of sp³-hybridized carbons (Fsp3) is 0.350. The fourth-order valence-corrected chi connectivity index (χ4v) is 2.80. The third-order valence-electron chi connectivity index (χ3n) is 4.48. The van der Waals surface area contributed by atoms with Gasteiger partial charge in [-0.3, -0.25) is 19.2 Å². The van der Waals surface area contributed by atoms with Crippen molar-refractivity contribution in [2.24, 2.45) is 0 Å². The molecule has 0 aliphatic carbocycles. The third kappa shape index (κ3) is 8.05. The summed E-state index contributed by atoms with van der Waals surface area (Å²) >= 11 is 0. The van der Waals surface area contributed by atoms with E-state index < -0.39 is 61.1 Å². The quantitative estimate of drug-likeness (QED) is 0.278. The standard InChI is InChI=1S/C20H23N5O8/c1-11-2-4-12(5-3-11)15-9-25(24-23-15)10-16(26)21-14(8-18(29)30)19(31)22-13(20(32)33)6-7-17(27)28/h2-5,9,13-14H,6-8,10H2,1H3,(H,21,26)(H,22,31)(H,27,28)(H,29,30)(H,32,33)/t13-,14-/m0/s1. The summed E-state index contributed by atoms with van der Waals surface area (Å²) in [5.74, 6) is -5.98. The molecule has 0 spiro atoms. The minimum atomic E-state index is -1.58. The first-order valence-electron chi connectivity index (χ1n) is 9.78. The van der Waals surface area contributed by atoms with Crippen molar-refractivity contribution in [3.05, 3.63) is 36.0 Å². The van der Waals surface area contributed by atoms with E-state index in [0.717, 1.165) is 11.1 Å². The molecular weight excluding hydrogens is 438 g/mol. The molecule has 0 saturated heterocycles. The number of hydrogen-bond donors (Lipinski definition) is 5. The molecule has 33 heavy (non-hydrogen) atoms. The van der Waals surface area contributed by atoms with E-state index in [1.165, 1.54) is 10.9 Å². The van der Waals surface area contributed by atoms with E-state index in [0.29, 0.717) is 5.69 Å². The van der Waals surface area contributed by atoms with Gasteiger partial charge in [0.05, 0.1) is 12.6 Å². The summed E-state index contributed by atoms with van der Waals surface area (Å²) in [7, 11) is 0. The lowest BCUT2D eigenvalue weighted by molar-refractivity contribution is -0.144. The van der Waals surface area contributed by atoms with Crippen molar-refractivity contribution in [2.45, 2.75) is 44.8 Å². The summed E-state index contributed by atoms with van der Waals surface area (Å²) < 4.78 is 1.20. The molecule has 2 aromatic rings. The SMILES string of the molecule is Cc1ccc(-c2cn(CC(=O)N[C@@H](CC(=O)O)C(=O)N[C@@H](CCC(=O)O)C(=O)O)nn2)cc1. The maximum atomic E-state index is 12.4. The molecule has 0 saturated carbocycles. The van der Waals surface area contributed by atoms with E-state index in [9.17, 15) is 24.0 Å². The van der Waals surface area contributed by atoms with Crippen LogP contribution in [0.25, 0.3) is 11.3 Å². The predicted molar refractivity (Wildman–Crippen MR) is 111 cm³/mol. The van der Waals surface area contributed by atoms with Gasteiger partial charge in [0.1, 0.15) is 24.3 Å². The van der Waals surface area contributed by atoms with Crippen molar-refractivity contribution in [1.29, 1.82) is 0 Å². The Morgan fingerprint density at radius 2 is 1.64 bits per heavy atom. The number of carbonyl (C=O) groups excluding carboxylic acids is 2. The van der Waals surface area contributed by atoms with Crippen LogP contribution >= 0.6 is 0 Å². The van der Waals surface area contributed by atoms with Crippen LogP contribution < -0.4 is 10.6 Å². The zero-order valence-corrected chi connectivity index (χ0v) is 17.6. The number of carbonyl (C=O) groups is 5. The minimum Gasteiger partial charge on any atom is -0.481 e. The third-order valence-corrected chi connectivity index (χ3v) is 4.48. The number of aromatic nitrogens is 3. The zero-order chi connectivity index (χ0) is 24.5. The normalized spacial score (nSPS) is 12.4. The van der Waals surface area contributed by atoms with E-state index in [1.54, 1.807) is 0 Å². The summed E-state index contributed by atoms with van der Waals surface area (Å²) in [5, 5.41) is 39.0. The van der Waals surface area contributed by atoms with Gasteiger partial charge in [0.2, 0.25) is 11.8 Å². The summed E-state index contributed by atoms with van der Waals surface area (Å²) in [4.78, 5) is 57.8. The van der Waals surface area contributed by atoms with Gasteiger partial charge in [-0.15, -0.1) is 5.10 Å². The van der Waals surface area contributed by atoms with Crippen LogP contribution in [-0.2, 0) is 30.5 Å². The second-order valence-electron chi connectivity index (χ2n) is 7.22. The Bertz CT molecular complexity index is 1030. The molecule has 0 fully saturated rings. The summed E-state index contributed by atoms with van der Waals surface area (Å²) in [6.45, 7) is 1.56. The minimum absolute atomic E-state index is 0.371. The Kier molecular flexibility index (Phi) is 8.60. The molecule has 0 bridgehead atoms. The largest absolute Gasteiger partial charge is 0.481 e. The van der Waals surface area contributed by atoms with Gasteiger partial charge in [-0.05, 0) is 13.3 Å². The molecule has 0 aliphatic heterocycles. The number of aryl methyl sites for hydroxylation is 1. The van der Waals surface area contributed by atoms with Gasteiger partial charge in [0.25, 0.3) is 0 Å². The van der Waals surface area contributed by atoms with Gasteiger partial charge in [-0.2, -0.15) is 0 Å². The summed E-state index contributed by atoms with van der Waals surface area (Å²) in [5.41, 5.74) is 2.34. The molecule has 1 aromatic carbocycles. The first kappa shape index (κ1) is 25.0. The first-order chi connectivity index (χ1) is 15.5. The predicted octanol–water partition coefficient (Wildman–Crippen LogP) is -0.353. The highest BCUT2D eigenvalue weighted by atomic mass is 16.4. The number of nitrogens with one attached hydrogen (secondary N) is 2. The monoisotopic (exact) mass is 461 g/mol. The number of rotatable bonds is 12. The smallest absolute Gasteiger partial charge is 0.326 e. The van der Waals surface area contributed by atoms with Crippen LogP contribution in [0.2, 0.25) is 0 Å². The Balaban J connectivity index is 2.03. The number of aliphatic carboxylic acids is 3. The van der Waals surface area contributed by atoms with Crippen LogP contribution in [0.1, 0.15) is 24.8 Å². The summed E-state index contributed by atoms with van der Waals surface area (Å²) in [6, 6.07) is 4.30. The zero-order valence-electron chi connectivity index (χ0n) is 17.6. The molecular formula is C20H23N5O8. The van der Waals surface area contributed by atoms with Crippen molar-refractivity contribution in [3.8, 4) is 11.3 Å². The molecule has 0 aliphatic rings. The van der Waals surface area contributed by atoms with Crippen LogP contribution in [0.5, 0.6) is 0 Å². The lowest BCUT2D eigenvalue weighted by atomic mass is 10.1. The molecule has 1 heterocycles. The number of carboxylic acids is 3. The highest BCUT2D eigenvalue weighted by molar-refractivity contribution is 5.92. The Morgan fingerprint density at radius 3 is 2.21 bits per heavy atom. The molecule has 0 radical (unpaired) electrons. The molecule has 13 nitrogen and oxygen atoms in total. The van der Waals surface area contributed by atoms with E-state index in [1.807, 2.05) is 31.2 Å². The molecule has 2 rings (SSSR count). The van der Waals surface area contributed by atoms with E-state index in [-0.39, 0.29) is 6.54 Å². The second-order valence-corrected chi connectivity index (χ2v) is 7.22. The van der Waals surface area contributed by atoms with Crippen LogP contribution in [0.15, 0.2) is 30.5 Å². The van der Waals surface area contributed by atoms with Crippen molar-refractivity contribution in [1.82, 2.24) is 25.6 Å². The molecule has 2 amide bonds. The molecule has 13 heteroatoms. The molecule has 2 atom stereocenters. The fourth-order valence-electron chi connectivity index (χ4n) is 2.80. The van der Waals surface area contributed by atoms with Crippen LogP contribution in [-0.4, -0.2) is 72.1 Å². The molecule has 5 N–H and O–H groups in total. The Labute approximate surface area is 187 Å². The van der Waals surface area contributed by atoms with Crippen LogP contribution in [0.4, 0.5) is 0 Å². The molecule has 176 valence electrons. The number of nitrogens with zero attached hydrogens (tertiary/aromatic N) is 3. The maximum absolute atomic E-state index is 12.4. The average molecular weight is 461 g/mol. The van der Waals surface area contributed by atoms with Gasteiger partial charge in [-0.25, -0.2) is 9.48 Å². The highest BCUT2D eigenvalue weighted by Crippen LogP contribution is 2.16.